The average Bonchev–Trinajstić information content (AvgIpc) is 2.26. The molecule has 1 fully saturated rings. The highest BCUT2D eigenvalue weighted by atomic mass is 16.6. The molecule has 18 heavy (non-hydrogen) atoms. The van der Waals surface area contributed by atoms with E-state index in [0.717, 1.165) is 6.42 Å². The van der Waals surface area contributed by atoms with Gasteiger partial charge in [0.1, 0.15) is 5.60 Å². The van der Waals surface area contributed by atoms with Crippen LogP contribution in [0.5, 0.6) is 0 Å². The summed E-state index contributed by atoms with van der Waals surface area (Å²) in [5, 5.41) is 0. The van der Waals surface area contributed by atoms with Crippen molar-refractivity contribution in [2.24, 2.45) is 11.8 Å². The first-order valence-electron chi connectivity index (χ1n) is 6.54. The molecule has 0 radical (unpaired) electrons. The van der Waals surface area contributed by atoms with Gasteiger partial charge in [-0.15, -0.1) is 0 Å². The van der Waals surface area contributed by atoms with Gasteiger partial charge >= 0.3 is 6.09 Å². The first-order chi connectivity index (χ1) is 8.35. The molecule has 0 bridgehead atoms. The number of allylic oxidation sites excluding steroid dienone is 1. The smallest absolute Gasteiger partial charge is 0.410 e. The number of rotatable bonds is 0. The van der Waals surface area contributed by atoms with Gasteiger partial charge in [0.2, 0.25) is 0 Å². The Bertz CT molecular complexity index is 381. The number of carbonyl (C=O) groups is 2. The van der Waals surface area contributed by atoms with Crippen molar-refractivity contribution in [2.45, 2.75) is 39.2 Å². The van der Waals surface area contributed by atoms with Gasteiger partial charge in [-0.3, -0.25) is 4.79 Å². The fourth-order valence-electron chi connectivity index (χ4n) is 2.55. The van der Waals surface area contributed by atoms with Gasteiger partial charge < -0.3 is 9.64 Å². The summed E-state index contributed by atoms with van der Waals surface area (Å²) in [5.74, 6) is 0.923. The van der Waals surface area contributed by atoms with Crippen molar-refractivity contribution in [3.05, 3.63) is 12.2 Å². The Morgan fingerprint density at radius 3 is 2.83 bits per heavy atom. The lowest BCUT2D eigenvalue weighted by molar-refractivity contribution is -0.116. The predicted octanol–water partition coefficient (Wildman–Crippen LogP) is 2.39. The van der Waals surface area contributed by atoms with E-state index < -0.39 is 5.60 Å². The van der Waals surface area contributed by atoms with E-state index >= 15 is 0 Å². The maximum atomic E-state index is 12.0. The van der Waals surface area contributed by atoms with E-state index in [2.05, 4.69) is 0 Å². The van der Waals surface area contributed by atoms with Crippen molar-refractivity contribution >= 4 is 11.9 Å². The molecule has 0 aromatic rings. The first kappa shape index (κ1) is 13.1. The van der Waals surface area contributed by atoms with Crippen LogP contribution in [0.15, 0.2) is 12.2 Å². The fraction of sp³-hybridized carbons (Fsp3) is 0.714. The van der Waals surface area contributed by atoms with Crippen LogP contribution in [0.4, 0.5) is 4.79 Å². The quantitative estimate of drug-likeness (QED) is 0.664. The van der Waals surface area contributed by atoms with Crippen molar-refractivity contribution in [2.75, 3.05) is 13.1 Å². The van der Waals surface area contributed by atoms with Gasteiger partial charge in [-0.05, 0) is 45.1 Å². The average molecular weight is 251 g/mol. The maximum absolute atomic E-state index is 12.0. The van der Waals surface area contributed by atoms with Crippen molar-refractivity contribution < 1.29 is 14.3 Å². The van der Waals surface area contributed by atoms with Crippen LogP contribution in [0.25, 0.3) is 0 Å². The molecule has 1 aliphatic carbocycles. The van der Waals surface area contributed by atoms with Crippen LogP contribution >= 0.6 is 0 Å². The summed E-state index contributed by atoms with van der Waals surface area (Å²) < 4.78 is 5.37. The standard InChI is InChI=1S/C14H21NO3/c1-14(2,3)18-13(17)15-7-6-10-8-12(16)5-4-11(10)9-15/h4-5,10-11H,6-9H2,1-3H3/t10-,11+/m1/s1. The van der Waals surface area contributed by atoms with Crippen LogP contribution in [0.2, 0.25) is 0 Å². The summed E-state index contributed by atoms with van der Waals surface area (Å²) in [6, 6.07) is 0. The van der Waals surface area contributed by atoms with E-state index in [9.17, 15) is 9.59 Å². The van der Waals surface area contributed by atoms with Crippen LogP contribution in [0.1, 0.15) is 33.6 Å². The van der Waals surface area contributed by atoms with Crippen LogP contribution < -0.4 is 0 Å². The lowest BCUT2D eigenvalue weighted by Gasteiger charge is -2.38. The number of piperidine rings is 1. The molecule has 0 saturated carbocycles. The predicted molar refractivity (Wildman–Crippen MR) is 68.2 cm³/mol. The molecule has 0 spiro atoms. The number of ether oxygens (including phenoxy) is 1. The second kappa shape index (κ2) is 4.75. The Kier molecular flexibility index (Phi) is 3.46. The minimum atomic E-state index is -0.452. The summed E-state index contributed by atoms with van der Waals surface area (Å²) in [5.41, 5.74) is -0.452. The Morgan fingerprint density at radius 2 is 2.17 bits per heavy atom. The molecule has 2 rings (SSSR count). The Balaban J connectivity index is 1.96. The van der Waals surface area contributed by atoms with Gasteiger partial charge in [0.25, 0.3) is 0 Å². The SMILES string of the molecule is CC(C)(C)OC(=O)N1CC[C@@H]2CC(=O)C=C[C@H]2C1. The number of ketones is 1. The zero-order valence-corrected chi connectivity index (χ0v) is 11.3. The first-order valence-corrected chi connectivity index (χ1v) is 6.54. The van der Waals surface area contributed by atoms with Crippen LogP contribution in [0.3, 0.4) is 0 Å². The lowest BCUT2D eigenvalue weighted by Crippen LogP contribution is -2.46. The molecular weight excluding hydrogens is 230 g/mol. The number of likely N-dealkylation sites (tertiary alicyclic amines) is 1. The molecule has 100 valence electrons. The molecule has 0 N–H and O–H groups in total. The number of fused-ring (bicyclic) bond motifs is 1. The highest BCUT2D eigenvalue weighted by Crippen LogP contribution is 2.31. The van der Waals surface area contributed by atoms with Crippen LogP contribution in [0, 0.1) is 11.8 Å². The minimum absolute atomic E-state index is 0.210. The second-order valence-electron chi connectivity index (χ2n) is 6.17. The zero-order chi connectivity index (χ0) is 13.3. The summed E-state index contributed by atoms with van der Waals surface area (Å²) in [7, 11) is 0. The summed E-state index contributed by atoms with van der Waals surface area (Å²) in [4.78, 5) is 25.1. The van der Waals surface area contributed by atoms with Gasteiger partial charge in [-0.25, -0.2) is 4.79 Å². The third kappa shape index (κ3) is 3.12. The number of carbonyl (C=O) groups excluding carboxylic acids is 2. The summed E-state index contributed by atoms with van der Waals surface area (Å²) >= 11 is 0. The van der Waals surface area contributed by atoms with E-state index in [1.54, 1.807) is 11.0 Å². The normalized spacial score (nSPS) is 27.9. The number of hydrogen-bond acceptors (Lipinski definition) is 3. The zero-order valence-electron chi connectivity index (χ0n) is 11.3. The summed E-state index contributed by atoms with van der Waals surface area (Å²) in [6.45, 7) is 6.98. The Hall–Kier alpha value is -1.32. The number of hydrogen-bond donors (Lipinski definition) is 0. The van der Waals surface area contributed by atoms with Crippen molar-refractivity contribution in [1.82, 2.24) is 4.90 Å². The molecule has 0 unspecified atom stereocenters. The maximum Gasteiger partial charge on any atom is 0.410 e. The van der Waals surface area contributed by atoms with E-state index in [4.69, 9.17) is 4.74 Å². The molecule has 1 aliphatic heterocycles. The van der Waals surface area contributed by atoms with E-state index in [-0.39, 0.29) is 11.9 Å². The topological polar surface area (TPSA) is 46.6 Å². The molecule has 0 aromatic carbocycles. The third-order valence-electron chi connectivity index (χ3n) is 3.45. The monoisotopic (exact) mass is 251 g/mol. The second-order valence-corrected chi connectivity index (χ2v) is 6.17. The Labute approximate surface area is 108 Å². The van der Waals surface area contributed by atoms with Gasteiger partial charge in [0.05, 0.1) is 0 Å². The van der Waals surface area contributed by atoms with Crippen molar-refractivity contribution in [3.8, 4) is 0 Å². The van der Waals surface area contributed by atoms with Crippen LogP contribution in [-0.2, 0) is 9.53 Å². The van der Waals surface area contributed by atoms with E-state index in [1.165, 1.54) is 0 Å². The number of amides is 1. The largest absolute Gasteiger partial charge is 0.444 e. The third-order valence-corrected chi connectivity index (χ3v) is 3.45. The van der Waals surface area contributed by atoms with Gasteiger partial charge in [0, 0.05) is 19.5 Å². The van der Waals surface area contributed by atoms with E-state index in [0.29, 0.717) is 31.3 Å². The molecule has 1 amide bonds. The molecular formula is C14H21NO3. The highest BCUT2D eigenvalue weighted by molar-refractivity contribution is 5.90. The molecule has 1 heterocycles. The molecule has 4 heteroatoms. The molecule has 0 aromatic heterocycles. The molecule has 2 atom stereocenters. The molecule has 4 nitrogen and oxygen atoms in total. The number of nitrogens with zero attached hydrogens (tertiary/aromatic N) is 1. The van der Waals surface area contributed by atoms with Crippen LogP contribution in [-0.4, -0.2) is 35.5 Å². The van der Waals surface area contributed by atoms with E-state index in [1.807, 2.05) is 26.8 Å². The highest BCUT2D eigenvalue weighted by Gasteiger charge is 2.34. The van der Waals surface area contributed by atoms with Gasteiger partial charge in [0.15, 0.2) is 5.78 Å². The minimum Gasteiger partial charge on any atom is -0.444 e. The fourth-order valence-corrected chi connectivity index (χ4v) is 2.55. The summed E-state index contributed by atoms with van der Waals surface area (Å²) in [6.07, 6.45) is 4.88. The van der Waals surface area contributed by atoms with Crippen molar-refractivity contribution in [1.29, 1.82) is 0 Å². The van der Waals surface area contributed by atoms with Gasteiger partial charge in [-0.2, -0.15) is 0 Å². The van der Waals surface area contributed by atoms with Gasteiger partial charge in [-0.1, -0.05) is 6.08 Å². The Morgan fingerprint density at radius 1 is 1.44 bits per heavy atom. The van der Waals surface area contributed by atoms with Crippen molar-refractivity contribution in [3.63, 3.8) is 0 Å². The molecule has 2 aliphatic rings. The molecule has 1 saturated heterocycles. The lowest BCUT2D eigenvalue weighted by atomic mass is 9.78.